The van der Waals surface area contributed by atoms with Gasteiger partial charge in [0.1, 0.15) is 5.75 Å². The summed E-state index contributed by atoms with van der Waals surface area (Å²) in [6, 6.07) is 5.25. The maximum absolute atomic E-state index is 12.0. The molecule has 0 saturated carbocycles. The highest BCUT2D eigenvalue weighted by atomic mass is 35.5. The van der Waals surface area contributed by atoms with Crippen LogP contribution in [0, 0.1) is 0 Å². The molecule has 24 heavy (non-hydrogen) atoms. The third-order valence-electron chi connectivity index (χ3n) is 3.84. The van der Waals surface area contributed by atoms with E-state index < -0.39 is 0 Å². The molecular formula is C16H24ClN3O4. The van der Waals surface area contributed by atoms with Crippen molar-refractivity contribution in [3.8, 4) is 5.75 Å². The standard InChI is InChI=1S/C16H23N3O4.ClH/c1-22-12(10-17)9-15(20)18-11-5-6-13(14(8-11)23-2)19-7-3-4-16(19)21;/h5-6,8,12H,3-4,7,9-10,17H2,1-2H3,(H,18,20);1H. The number of halogens is 1. The summed E-state index contributed by atoms with van der Waals surface area (Å²) in [5, 5.41) is 2.79. The van der Waals surface area contributed by atoms with Crippen LogP contribution in [0.2, 0.25) is 0 Å². The van der Waals surface area contributed by atoms with Gasteiger partial charge >= 0.3 is 0 Å². The average molecular weight is 358 g/mol. The lowest BCUT2D eigenvalue weighted by molar-refractivity contribution is -0.118. The molecular weight excluding hydrogens is 334 g/mol. The third-order valence-corrected chi connectivity index (χ3v) is 3.84. The van der Waals surface area contributed by atoms with Crippen molar-refractivity contribution in [2.24, 2.45) is 5.73 Å². The number of nitrogens with zero attached hydrogens (tertiary/aromatic N) is 1. The first-order valence-corrected chi connectivity index (χ1v) is 7.60. The topological polar surface area (TPSA) is 93.9 Å². The molecule has 0 aliphatic carbocycles. The first-order chi connectivity index (χ1) is 11.1. The highest BCUT2D eigenvalue weighted by Gasteiger charge is 2.24. The molecule has 7 nitrogen and oxygen atoms in total. The maximum Gasteiger partial charge on any atom is 0.227 e. The van der Waals surface area contributed by atoms with Gasteiger partial charge in [0, 0.05) is 38.4 Å². The quantitative estimate of drug-likeness (QED) is 0.772. The highest BCUT2D eigenvalue weighted by Crippen LogP contribution is 2.33. The number of amides is 2. The van der Waals surface area contributed by atoms with Gasteiger partial charge in [0.15, 0.2) is 0 Å². The normalized spacial score (nSPS) is 15.0. The number of carbonyl (C=O) groups excluding carboxylic acids is 2. The number of rotatable bonds is 7. The summed E-state index contributed by atoms with van der Waals surface area (Å²) >= 11 is 0. The molecule has 1 saturated heterocycles. The zero-order valence-corrected chi connectivity index (χ0v) is 14.7. The zero-order valence-electron chi connectivity index (χ0n) is 13.9. The molecule has 2 amide bonds. The molecule has 0 radical (unpaired) electrons. The Kier molecular flexibility index (Phi) is 7.97. The van der Waals surface area contributed by atoms with E-state index >= 15 is 0 Å². The number of anilines is 2. The summed E-state index contributed by atoms with van der Waals surface area (Å²) in [4.78, 5) is 25.6. The van der Waals surface area contributed by atoms with Gasteiger partial charge in [-0.25, -0.2) is 0 Å². The average Bonchev–Trinajstić information content (AvgIpc) is 2.98. The summed E-state index contributed by atoms with van der Waals surface area (Å²) in [6.45, 7) is 0.968. The number of ether oxygens (including phenoxy) is 2. The minimum atomic E-state index is -0.307. The van der Waals surface area contributed by atoms with E-state index in [-0.39, 0.29) is 43.3 Å². The first kappa shape index (κ1) is 20.2. The Hall–Kier alpha value is -1.83. The van der Waals surface area contributed by atoms with Gasteiger partial charge in [0.25, 0.3) is 0 Å². The van der Waals surface area contributed by atoms with Crippen LogP contribution < -0.4 is 20.7 Å². The fraction of sp³-hybridized carbons (Fsp3) is 0.500. The van der Waals surface area contributed by atoms with Crippen LogP contribution in [0.15, 0.2) is 18.2 Å². The fourth-order valence-electron chi connectivity index (χ4n) is 2.56. The molecule has 2 rings (SSSR count). The number of nitrogens with one attached hydrogen (secondary N) is 1. The van der Waals surface area contributed by atoms with Crippen molar-refractivity contribution in [3.63, 3.8) is 0 Å². The van der Waals surface area contributed by atoms with E-state index in [0.29, 0.717) is 24.4 Å². The van der Waals surface area contributed by atoms with E-state index in [4.69, 9.17) is 15.2 Å². The van der Waals surface area contributed by atoms with Gasteiger partial charge < -0.3 is 25.4 Å². The van der Waals surface area contributed by atoms with Crippen LogP contribution in [0.4, 0.5) is 11.4 Å². The second kappa shape index (κ2) is 9.46. The number of hydrogen-bond donors (Lipinski definition) is 2. The van der Waals surface area contributed by atoms with Crippen LogP contribution in [0.25, 0.3) is 0 Å². The van der Waals surface area contributed by atoms with Crippen molar-refractivity contribution in [1.29, 1.82) is 0 Å². The Bertz CT molecular complexity index is 578. The first-order valence-electron chi connectivity index (χ1n) is 7.60. The SMILES string of the molecule is COc1cc(NC(=O)CC(CN)OC)ccc1N1CCCC1=O.Cl. The summed E-state index contributed by atoms with van der Waals surface area (Å²) in [5.74, 6) is 0.459. The number of carbonyl (C=O) groups is 2. The second-order valence-electron chi connectivity index (χ2n) is 5.38. The summed E-state index contributed by atoms with van der Waals surface area (Å²) in [5.41, 5.74) is 6.84. The van der Waals surface area contributed by atoms with Gasteiger partial charge in [0.2, 0.25) is 11.8 Å². The molecule has 1 aliphatic heterocycles. The third kappa shape index (κ3) is 4.83. The Labute approximate surface area is 147 Å². The number of nitrogens with two attached hydrogens (primary N) is 1. The Morgan fingerprint density at radius 3 is 2.71 bits per heavy atom. The van der Waals surface area contributed by atoms with Crippen molar-refractivity contribution in [3.05, 3.63) is 18.2 Å². The summed E-state index contributed by atoms with van der Waals surface area (Å²) in [7, 11) is 3.07. The van der Waals surface area contributed by atoms with Crippen molar-refractivity contribution >= 4 is 35.6 Å². The largest absolute Gasteiger partial charge is 0.494 e. The predicted octanol–water partition coefficient (Wildman–Crippen LogP) is 1.55. The van der Waals surface area contributed by atoms with Gasteiger partial charge in [-0.1, -0.05) is 0 Å². The Morgan fingerprint density at radius 2 is 2.17 bits per heavy atom. The van der Waals surface area contributed by atoms with Gasteiger partial charge in [-0.3, -0.25) is 9.59 Å². The number of benzene rings is 1. The number of hydrogen-bond acceptors (Lipinski definition) is 5. The number of methoxy groups -OCH3 is 2. The van der Waals surface area contributed by atoms with Crippen LogP contribution in [0.1, 0.15) is 19.3 Å². The smallest absolute Gasteiger partial charge is 0.227 e. The van der Waals surface area contributed by atoms with Crippen LogP contribution >= 0.6 is 12.4 Å². The predicted molar refractivity (Wildman–Crippen MR) is 94.9 cm³/mol. The monoisotopic (exact) mass is 357 g/mol. The van der Waals surface area contributed by atoms with Crippen LogP contribution in [-0.2, 0) is 14.3 Å². The minimum Gasteiger partial charge on any atom is -0.494 e. The lowest BCUT2D eigenvalue weighted by atomic mass is 10.2. The molecule has 8 heteroatoms. The molecule has 0 spiro atoms. The molecule has 0 aromatic heterocycles. The summed E-state index contributed by atoms with van der Waals surface area (Å²) in [6.07, 6.45) is 1.28. The molecule has 0 bridgehead atoms. The van der Waals surface area contributed by atoms with Crippen molar-refractivity contribution < 1.29 is 19.1 Å². The van der Waals surface area contributed by atoms with E-state index in [0.717, 1.165) is 12.1 Å². The van der Waals surface area contributed by atoms with Gasteiger partial charge in [0.05, 0.1) is 25.3 Å². The highest BCUT2D eigenvalue weighted by molar-refractivity contribution is 5.98. The second-order valence-corrected chi connectivity index (χ2v) is 5.38. The van der Waals surface area contributed by atoms with Crippen LogP contribution in [0.3, 0.4) is 0 Å². The van der Waals surface area contributed by atoms with Gasteiger partial charge in [-0.15, -0.1) is 12.4 Å². The molecule has 1 atom stereocenters. The molecule has 1 aliphatic rings. The van der Waals surface area contributed by atoms with Crippen molar-refractivity contribution in [2.75, 3.05) is 37.5 Å². The zero-order chi connectivity index (χ0) is 16.8. The summed E-state index contributed by atoms with van der Waals surface area (Å²) < 4.78 is 10.5. The molecule has 3 N–H and O–H groups in total. The van der Waals surface area contributed by atoms with E-state index in [9.17, 15) is 9.59 Å². The molecule has 134 valence electrons. The van der Waals surface area contributed by atoms with E-state index in [1.54, 1.807) is 30.2 Å². The Morgan fingerprint density at radius 1 is 1.42 bits per heavy atom. The molecule has 1 heterocycles. The minimum absolute atomic E-state index is 0. The van der Waals surface area contributed by atoms with Gasteiger partial charge in [-0.05, 0) is 18.6 Å². The van der Waals surface area contributed by atoms with E-state index in [1.807, 2.05) is 0 Å². The lowest BCUT2D eigenvalue weighted by Crippen LogP contribution is -2.28. The maximum atomic E-state index is 12.0. The molecule has 1 unspecified atom stereocenters. The van der Waals surface area contributed by atoms with Gasteiger partial charge in [-0.2, -0.15) is 0 Å². The lowest BCUT2D eigenvalue weighted by Gasteiger charge is -2.20. The van der Waals surface area contributed by atoms with Crippen LogP contribution in [-0.4, -0.2) is 45.2 Å². The van der Waals surface area contributed by atoms with Crippen molar-refractivity contribution in [2.45, 2.75) is 25.4 Å². The fourth-order valence-corrected chi connectivity index (χ4v) is 2.56. The van der Waals surface area contributed by atoms with E-state index in [1.165, 1.54) is 7.11 Å². The molecule has 1 aromatic rings. The Balaban J connectivity index is 0.00000288. The molecule has 1 fully saturated rings. The van der Waals surface area contributed by atoms with E-state index in [2.05, 4.69) is 5.32 Å². The van der Waals surface area contributed by atoms with Crippen LogP contribution in [0.5, 0.6) is 5.75 Å². The van der Waals surface area contributed by atoms with Crippen molar-refractivity contribution in [1.82, 2.24) is 0 Å². The molecule has 1 aromatic carbocycles.